The molecule has 0 bridgehead atoms. The third-order valence-corrected chi connectivity index (χ3v) is 4.96. The molecule has 0 aliphatic heterocycles. The van der Waals surface area contributed by atoms with Gasteiger partial charge in [-0.25, -0.2) is 4.98 Å². The number of fused-ring (bicyclic) bond motifs is 1. The average molecular weight is 410 g/mol. The minimum atomic E-state index is -0.404. The zero-order valence-corrected chi connectivity index (χ0v) is 16.4. The maximum atomic E-state index is 13.3. The SMILES string of the molecule is COc1ccc(-c2c(Cl)n3c(C=O)cnc3c(=O)n2-c2ccc(OC)cc2)cc1. The molecule has 4 aromatic rings. The summed E-state index contributed by atoms with van der Waals surface area (Å²) < 4.78 is 13.3. The molecule has 2 heterocycles. The molecule has 146 valence electrons. The first-order valence-electron chi connectivity index (χ1n) is 8.65. The van der Waals surface area contributed by atoms with Crippen LogP contribution in [0.15, 0.2) is 59.5 Å². The number of methoxy groups -OCH3 is 2. The van der Waals surface area contributed by atoms with E-state index in [2.05, 4.69) is 4.98 Å². The monoisotopic (exact) mass is 409 g/mol. The lowest BCUT2D eigenvalue weighted by atomic mass is 10.1. The largest absolute Gasteiger partial charge is 0.497 e. The van der Waals surface area contributed by atoms with Crippen molar-refractivity contribution >= 4 is 23.5 Å². The highest BCUT2D eigenvalue weighted by Crippen LogP contribution is 2.31. The Morgan fingerprint density at radius 2 is 1.55 bits per heavy atom. The van der Waals surface area contributed by atoms with E-state index in [9.17, 15) is 9.59 Å². The number of aromatic nitrogens is 3. The highest BCUT2D eigenvalue weighted by Gasteiger charge is 2.21. The number of imidazole rings is 1. The van der Waals surface area contributed by atoms with E-state index < -0.39 is 5.56 Å². The molecule has 0 unspecified atom stereocenters. The second-order valence-corrected chi connectivity index (χ2v) is 6.52. The van der Waals surface area contributed by atoms with Gasteiger partial charge in [0.1, 0.15) is 22.3 Å². The van der Waals surface area contributed by atoms with E-state index in [1.165, 1.54) is 15.2 Å². The fourth-order valence-electron chi connectivity index (χ4n) is 3.18. The average Bonchev–Trinajstić information content (AvgIpc) is 3.21. The third kappa shape index (κ3) is 3.05. The van der Waals surface area contributed by atoms with Crippen molar-refractivity contribution in [1.82, 2.24) is 14.0 Å². The molecule has 0 aliphatic rings. The molecule has 0 spiro atoms. The molecule has 4 rings (SSSR count). The van der Waals surface area contributed by atoms with E-state index >= 15 is 0 Å². The number of rotatable bonds is 5. The number of carbonyl (C=O) groups excluding carboxylic acids is 1. The first-order chi connectivity index (χ1) is 14.1. The number of hydrogen-bond acceptors (Lipinski definition) is 5. The Labute approximate surface area is 170 Å². The van der Waals surface area contributed by atoms with E-state index in [-0.39, 0.29) is 16.5 Å². The molecular formula is C21H16ClN3O4. The number of benzene rings is 2. The topological polar surface area (TPSA) is 74.8 Å². The number of nitrogens with zero attached hydrogens (tertiary/aromatic N) is 3. The van der Waals surface area contributed by atoms with Crippen molar-refractivity contribution in [2.24, 2.45) is 0 Å². The van der Waals surface area contributed by atoms with Gasteiger partial charge in [-0.2, -0.15) is 0 Å². The van der Waals surface area contributed by atoms with E-state index in [0.29, 0.717) is 34.7 Å². The van der Waals surface area contributed by atoms with Gasteiger partial charge >= 0.3 is 0 Å². The lowest BCUT2D eigenvalue weighted by Gasteiger charge is -2.17. The Bertz CT molecular complexity index is 1260. The Morgan fingerprint density at radius 3 is 2.10 bits per heavy atom. The van der Waals surface area contributed by atoms with Gasteiger partial charge in [-0.3, -0.25) is 18.6 Å². The normalized spacial score (nSPS) is 10.9. The van der Waals surface area contributed by atoms with Crippen LogP contribution in [0.2, 0.25) is 5.15 Å². The zero-order valence-electron chi connectivity index (χ0n) is 15.6. The third-order valence-electron chi connectivity index (χ3n) is 4.61. The number of ether oxygens (including phenoxy) is 2. The van der Waals surface area contributed by atoms with Crippen molar-refractivity contribution in [3.05, 3.63) is 75.9 Å². The summed E-state index contributed by atoms with van der Waals surface area (Å²) in [6, 6.07) is 14.1. The van der Waals surface area contributed by atoms with Gasteiger partial charge in [0.15, 0.2) is 6.29 Å². The maximum Gasteiger partial charge on any atom is 0.299 e. The van der Waals surface area contributed by atoms with Crippen molar-refractivity contribution < 1.29 is 14.3 Å². The summed E-state index contributed by atoms with van der Waals surface area (Å²) in [7, 11) is 3.14. The lowest BCUT2D eigenvalue weighted by molar-refractivity contribution is 0.111. The van der Waals surface area contributed by atoms with Gasteiger partial charge in [0, 0.05) is 11.3 Å². The Morgan fingerprint density at radius 1 is 0.966 bits per heavy atom. The standard InChI is InChI=1S/C21H16ClN3O4/c1-28-16-7-3-13(4-8-16)18-19(22)25-15(12-26)11-23-20(25)21(27)24(18)14-5-9-17(29-2)10-6-14/h3-12H,1-2H3. The van der Waals surface area contributed by atoms with Crippen LogP contribution >= 0.6 is 11.6 Å². The van der Waals surface area contributed by atoms with Crippen LogP contribution in [0.5, 0.6) is 11.5 Å². The number of carbonyl (C=O) groups is 1. The predicted molar refractivity (Wildman–Crippen MR) is 110 cm³/mol. The molecule has 8 heteroatoms. The van der Waals surface area contributed by atoms with Crippen molar-refractivity contribution in [1.29, 1.82) is 0 Å². The van der Waals surface area contributed by atoms with Crippen molar-refractivity contribution in [3.63, 3.8) is 0 Å². The second-order valence-electron chi connectivity index (χ2n) is 6.17. The van der Waals surface area contributed by atoms with Crippen LogP contribution in [0.25, 0.3) is 22.6 Å². The molecule has 0 N–H and O–H groups in total. The first kappa shape index (κ1) is 18.8. The summed E-state index contributed by atoms with van der Waals surface area (Å²) in [5, 5.41) is 0.195. The Hall–Kier alpha value is -3.58. The summed E-state index contributed by atoms with van der Waals surface area (Å²) in [6.45, 7) is 0. The number of hydrogen-bond donors (Lipinski definition) is 0. The van der Waals surface area contributed by atoms with Crippen LogP contribution in [0.4, 0.5) is 0 Å². The van der Waals surface area contributed by atoms with E-state index in [1.54, 1.807) is 62.8 Å². The van der Waals surface area contributed by atoms with E-state index in [0.717, 1.165) is 0 Å². The fraction of sp³-hybridized carbons (Fsp3) is 0.0952. The van der Waals surface area contributed by atoms with Gasteiger partial charge in [0.2, 0.25) is 5.65 Å². The van der Waals surface area contributed by atoms with Crippen LogP contribution in [0.1, 0.15) is 10.5 Å². The second kappa shape index (κ2) is 7.44. The summed E-state index contributed by atoms with van der Waals surface area (Å²) in [4.78, 5) is 28.9. The molecule has 0 aliphatic carbocycles. The van der Waals surface area contributed by atoms with Crippen LogP contribution in [0.3, 0.4) is 0 Å². The Kier molecular flexibility index (Phi) is 4.82. The molecule has 7 nitrogen and oxygen atoms in total. The summed E-state index contributed by atoms with van der Waals surface area (Å²) in [5.74, 6) is 1.32. The zero-order chi connectivity index (χ0) is 20.5. The van der Waals surface area contributed by atoms with Gasteiger partial charge in [-0.15, -0.1) is 0 Å². The molecule has 0 saturated heterocycles. The molecular weight excluding hydrogens is 394 g/mol. The first-order valence-corrected chi connectivity index (χ1v) is 9.03. The molecule has 2 aromatic carbocycles. The summed E-state index contributed by atoms with van der Waals surface area (Å²) in [6.07, 6.45) is 1.94. The van der Waals surface area contributed by atoms with Gasteiger partial charge in [0.05, 0.1) is 26.1 Å². The van der Waals surface area contributed by atoms with Gasteiger partial charge in [-0.1, -0.05) is 11.6 Å². The van der Waals surface area contributed by atoms with Crippen LogP contribution < -0.4 is 15.0 Å². The fourth-order valence-corrected chi connectivity index (χ4v) is 3.55. The predicted octanol–water partition coefficient (Wildman–Crippen LogP) is 3.64. The maximum absolute atomic E-state index is 13.3. The minimum absolute atomic E-state index is 0.0604. The molecule has 0 radical (unpaired) electrons. The number of aldehydes is 1. The summed E-state index contributed by atoms with van der Waals surface area (Å²) >= 11 is 6.71. The van der Waals surface area contributed by atoms with Crippen molar-refractivity contribution in [2.75, 3.05) is 14.2 Å². The highest BCUT2D eigenvalue weighted by molar-refractivity contribution is 6.32. The molecule has 0 atom stereocenters. The lowest BCUT2D eigenvalue weighted by Crippen LogP contribution is -2.24. The van der Waals surface area contributed by atoms with Crippen LogP contribution in [0, 0.1) is 0 Å². The molecule has 2 aromatic heterocycles. The Balaban J connectivity index is 2.10. The van der Waals surface area contributed by atoms with Gasteiger partial charge in [-0.05, 0) is 48.5 Å². The smallest absolute Gasteiger partial charge is 0.299 e. The minimum Gasteiger partial charge on any atom is -0.497 e. The van der Waals surface area contributed by atoms with Gasteiger partial charge < -0.3 is 9.47 Å². The molecule has 0 saturated carbocycles. The van der Waals surface area contributed by atoms with E-state index in [4.69, 9.17) is 21.1 Å². The molecule has 0 fully saturated rings. The summed E-state index contributed by atoms with van der Waals surface area (Å²) in [5.41, 5.74) is 1.54. The molecule has 0 amide bonds. The molecule has 29 heavy (non-hydrogen) atoms. The number of halogens is 1. The van der Waals surface area contributed by atoms with E-state index in [1.807, 2.05) is 0 Å². The van der Waals surface area contributed by atoms with Gasteiger partial charge in [0.25, 0.3) is 5.56 Å². The highest BCUT2D eigenvalue weighted by atomic mass is 35.5. The van der Waals surface area contributed by atoms with Crippen molar-refractivity contribution in [2.45, 2.75) is 0 Å². The van der Waals surface area contributed by atoms with Crippen molar-refractivity contribution in [3.8, 4) is 28.4 Å². The van der Waals surface area contributed by atoms with Crippen LogP contribution in [-0.2, 0) is 0 Å². The van der Waals surface area contributed by atoms with Crippen LogP contribution in [-0.4, -0.2) is 34.5 Å². The quantitative estimate of drug-likeness (QED) is 0.470.